The first-order valence-corrected chi connectivity index (χ1v) is 11.8. The highest BCUT2D eigenvalue weighted by molar-refractivity contribution is 6.31. The van der Waals surface area contributed by atoms with Crippen LogP contribution in [0.3, 0.4) is 0 Å². The minimum atomic E-state index is -0.173. The van der Waals surface area contributed by atoms with Crippen LogP contribution in [0.1, 0.15) is 25.1 Å². The fourth-order valence-electron chi connectivity index (χ4n) is 4.67. The second-order valence-electron chi connectivity index (χ2n) is 8.67. The fraction of sp³-hybridized carbons (Fsp3) is 0.308. The number of pyridine rings is 1. The van der Waals surface area contributed by atoms with Crippen molar-refractivity contribution in [1.82, 2.24) is 19.8 Å². The van der Waals surface area contributed by atoms with Crippen LogP contribution in [0, 0.1) is 0 Å². The van der Waals surface area contributed by atoms with Crippen LogP contribution in [-0.4, -0.2) is 51.4 Å². The average Bonchev–Trinajstić information content (AvgIpc) is 3.20. The molecule has 4 aromatic rings. The largest absolute Gasteiger partial charge is 0.385 e. The topological polar surface area (TPSA) is 64.3 Å². The number of halogens is 1. The van der Waals surface area contributed by atoms with Gasteiger partial charge < -0.3 is 15.2 Å². The van der Waals surface area contributed by atoms with Gasteiger partial charge in [-0.25, -0.2) is 0 Å². The molecule has 0 bridgehead atoms. The minimum absolute atomic E-state index is 0.162. The number of nitrogens with zero attached hydrogens (tertiary/aromatic N) is 3. The Bertz CT molecular complexity index is 1320. The summed E-state index contributed by atoms with van der Waals surface area (Å²) in [6.45, 7) is 7.80. The van der Waals surface area contributed by atoms with Crippen LogP contribution < -0.4 is 5.32 Å². The van der Waals surface area contributed by atoms with E-state index in [1.165, 1.54) is 0 Å². The molecule has 33 heavy (non-hydrogen) atoms. The third kappa shape index (κ3) is 4.41. The third-order valence-electron chi connectivity index (χ3n) is 6.43. The van der Waals surface area contributed by atoms with Gasteiger partial charge in [-0.15, -0.1) is 0 Å². The molecule has 1 amide bonds. The number of nitrogens with one attached hydrogen (secondary N) is 2. The number of fused-ring (bicyclic) bond motifs is 2. The van der Waals surface area contributed by atoms with Crippen molar-refractivity contribution in [3.8, 4) is 0 Å². The lowest BCUT2D eigenvalue weighted by molar-refractivity contribution is -0.142. The van der Waals surface area contributed by atoms with Crippen LogP contribution in [0.5, 0.6) is 0 Å². The summed E-state index contributed by atoms with van der Waals surface area (Å²) in [6, 6.07) is 16.1. The van der Waals surface area contributed by atoms with E-state index in [-0.39, 0.29) is 11.9 Å². The molecular weight excluding hydrogens is 434 g/mol. The van der Waals surface area contributed by atoms with E-state index in [2.05, 4.69) is 51.4 Å². The zero-order valence-corrected chi connectivity index (χ0v) is 19.7. The number of amides is 1. The molecular formula is C26H28ClN5O. The van der Waals surface area contributed by atoms with Crippen molar-refractivity contribution in [2.75, 3.05) is 25.0 Å². The predicted molar refractivity (Wildman–Crippen MR) is 135 cm³/mol. The van der Waals surface area contributed by atoms with E-state index in [9.17, 15) is 4.79 Å². The summed E-state index contributed by atoms with van der Waals surface area (Å²) >= 11 is 6.12. The third-order valence-corrected chi connectivity index (χ3v) is 6.67. The predicted octanol–water partition coefficient (Wildman–Crippen LogP) is 5.03. The lowest BCUT2D eigenvalue weighted by atomic mass is 10.1. The highest BCUT2D eigenvalue weighted by atomic mass is 35.5. The molecule has 0 aliphatic carbocycles. The zero-order chi connectivity index (χ0) is 22.9. The van der Waals surface area contributed by atoms with Gasteiger partial charge >= 0.3 is 0 Å². The first-order valence-electron chi connectivity index (χ1n) is 11.4. The highest BCUT2D eigenvalue weighted by Crippen LogP contribution is 2.25. The van der Waals surface area contributed by atoms with E-state index in [4.69, 9.17) is 11.6 Å². The summed E-state index contributed by atoms with van der Waals surface area (Å²) in [4.78, 5) is 25.4. The van der Waals surface area contributed by atoms with Gasteiger partial charge in [0.15, 0.2) is 0 Å². The number of aromatic nitrogens is 2. The Hall–Kier alpha value is -3.09. The Balaban J connectivity index is 1.27. The molecule has 1 atom stereocenters. The van der Waals surface area contributed by atoms with Gasteiger partial charge in [-0.1, -0.05) is 23.7 Å². The van der Waals surface area contributed by atoms with Crippen molar-refractivity contribution >= 4 is 45.0 Å². The molecule has 0 unspecified atom stereocenters. The molecule has 170 valence electrons. The molecule has 2 aromatic heterocycles. The molecule has 1 saturated heterocycles. The van der Waals surface area contributed by atoms with Crippen molar-refractivity contribution in [2.45, 2.75) is 33.0 Å². The monoisotopic (exact) mass is 461 g/mol. The van der Waals surface area contributed by atoms with Gasteiger partial charge in [0.25, 0.3) is 0 Å². The van der Waals surface area contributed by atoms with Gasteiger partial charge in [0.1, 0.15) is 0 Å². The number of hydrogen-bond acceptors (Lipinski definition) is 4. The Kier molecular flexibility index (Phi) is 5.96. The highest BCUT2D eigenvalue weighted by Gasteiger charge is 2.31. The number of piperazine rings is 1. The molecule has 0 saturated carbocycles. The van der Waals surface area contributed by atoms with Crippen molar-refractivity contribution in [2.24, 2.45) is 0 Å². The standard InChI is InChI=1S/C26H28ClN5O/c1-3-28-24-8-9-29-25-12-18(4-6-22(24)25)15-32-11-10-31(17(2)26(32)33)16-21-14-19-13-20(27)5-7-23(19)30-21/h4-9,12-14,17,30H,3,10-11,15-16H2,1-2H3,(H,28,29)/t17-/m0/s1. The normalized spacial score (nSPS) is 17.2. The molecule has 2 aromatic carbocycles. The van der Waals surface area contributed by atoms with E-state index < -0.39 is 0 Å². The molecule has 1 fully saturated rings. The first kappa shape index (κ1) is 21.7. The maximum absolute atomic E-state index is 13.2. The summed E-state index contributed by atoms with van der Waals surface area (Å²) in [5.41, 5.74) is 5.30. The van der Waals surface area contributed by atoms with Crippen molar-refractivity contribution in [1.29, 1.82) is 0 Å². The van der Waals surface area contributed by atoms with E-state index >= 15 is 0 Å². The summed E-state index contributed by atoms with van der Waals surface area (Å²) in [7, 11) is 0. The number of hydrogen-bond donors (Lipinski definition) is 2. The number of H-pyrrole nitrogens is 1. The first-order chi connectivity index (χ1) is 16.0. The minimum Gasteiger partial charge on any atom is -0.385 e. The van der Waals surface area contributed by atoms with Crippen molar-refractivity contribution < 1.29 is 4.79 Å². The second-order valence-corrected chi connectivity index (χ2v) is 9.11. The van der Waals surface area contributed by atoms with E-state index in [0.717, 1.165) is 56.9 Å². The molecule has 3 heterocycles. The summed E-state index contributed by atoms with van der Waals surface area (Å²) in [5.74, 6) is 0.162. The molecule has 6 nitrogen and oxygen atoms in total. The van der Waals surface area contributed by atoms with Crippen LogP contribution in [0.25, 0.3) is 21.8 Å². The second kappa shape index (κ2) is 9.04. The molecule has 5 rings (SSSR count). The smallest absolute Gasteiger partial charge is 0.239 e. The van der Waals surface area contributed by atoms with Gasteiger partial charge in [0.2, 0.25) is 5.91 Å². The molecule has 0 radical (unpaired) electrons. The number of benzene rings is 2. The maximum Gasteiger partial charge on any atom is 0.239 e. The zero-order valence-electron chi connectivity index (χ0n) is 18.9. The van der Waals surface area contributed by atoms with Crippen LogP contribution in [0.4, 0.5) is 5.69 Å². The Morgan fingerprint density at radius 2 is 2.00 bits per heavy atom. The van der Waals surface area contributed by atoms with Crippen molar-refractivity contribution in [3.05, 3.63) is 71.0 Å². The van der Waals surface area contributed by atoms with Gasteiger partial charge in [0, 0.05) is 71.6 Å². The summed E-state index contributed by atoms with van der Waals surface area (Å²) in [6.07, 6.45) is 1.83. The molecule has 2 N–H and O–H groups in total. The number of rotatable bonds is 6. The van der Waals surface area contributed by atoms with Gasteiger partial charge in [-0.05, 0) is 55.8 Å². The number of carbonyl (C=O) groups is 1. The lowest BCUT2D eigenvalue weighted by Crippen LogP contribution is -2.54. The number of carbonyl (C=O) groups excluding carboxylic acids is 1. The SMILES string of the molecule is CCNc1ccnc2cc(CN3CCN(Cc4cc5cc(Cl)ccc5[nH]4)[C@@H](C)C3=O)ccc12. The molecule has 7 heteroatoms. The Morgan fingerprint density at radius 3 is 2.85 bits per heavy atom. The van der Waals surface area contributed by atoms with Crippen LogP contribution >= 0.6 is 11.6 Å². The molecule has 0 spiro atoms. The van der Waals surface area contributed by atoms with E-state index in [0.29, 0.717) is 19.6 Å². The summed E-state index contributed by atoms with van der Waals surface area (Å²) in [5, 5.41) is 6.31. The average molecular weight is 462 g/mol. The number of anilines is 1. The summed E-state index contributed by atoms with van der Waals surface area (Å²) < 4.78 is 0. The molecule has 1 aliphatic heterocycles. The Labute approximate surface area is 198 Å². The van der Waals surface area contributed by atoms with Gasteiger partial charge in [-0.3, -0.25) is 14.7 Å². The fourth-order valence-corrected chi connectivity index (χ4v) is 4.85. The maximum atomic E-state index is 13.2. The van der Waals surface area contributed by atoms with Crippen molar-refractivity contribution in [3.63, 3.8) is 0 Å². The van der Waals surface area contributed by atoms with Gasteiger partial charge in [-0.2, -0.15) is 0 Å². The Morgan fingerprint density at radius 1 is 1.12 bits per heavy atom. The van der Waals surface area contributed by atoms with Crippen LogP contribution in [-0.2, 0) is 17.9 Å². The quantitative estimate of drug-likeness (QED) is 0.422. The van der Waals surface area contributed by atoms with E-state index in [1.54, 1.807) is 0 Å². The van der Waals surface area contributed by atoms with Crippen LogP contribution in [0.15, 0.2) is 54.7 Å². The lowest BCUT2D eigenvalue weighted by Gasteiger charge is -2.39. The van der Waals surface area contributed by atoms with Gasteiger partial charge in [0.05, 0.1) is 11.6 Å². The molecule has 1 aliphatic rings. The van der Waals surface area contributed by atoms with Crippen LogP contribution in [0.2, 0.25) is 5.02 Å². The number of aromatic amines is 1. The van der Waals surface area contributed by atoms with E-state index in [1.807, 2.05) is 42.3 Å².